The van der Waals surface area contributed by atoms with E-state index in [9.17, 15) is 18.3 Å². The molecule has 1 heterocycles. The molecule has 1 aromatic carbocycles. The minimum Gasteiger partial charge on any atom is -0.493 e. The number of carbonyl (C=O) groups excluding carboxylic acids is 1. The molecule has 3 N–H and O–H groups in total. The standard InChI is InChI=1S/C20H31N3O6S/c1-15(2)13-29-18-7-4-6-17(12-18)16(3)22-30(26,27)11-5-10-28-14-23-9-8-19(24)21-20(23)25/h4,6-9,12,15-16,20,22,25H,5,10-11,13-14H2,1-3H3,(H,21,24)/t16-,20?/m1/s1. The van der Waals surface area contributed by atoms with Gasteiger partial charge in [-0.3, -0.25) is 4.79 Å². The third-order valence-electron chi connectivity index (χ3n) is 4.24. The van der Waals surface area contributed by atoms with Crippen LogP contribution in [0.25, 0.3) is 0 Å². The first kappa shape index (κ1) is 24.1. The predicted molar refractivity (Wildman–Crippen MR) is 113 cm³/mol. The van der Waals surface area contributed by atoms with E-state index in [1.807, 2.05) is 24.3 Å². The van der Waals surface area contributed by atoms with Crippen LogP contribution in [0.15, 0.2) is 36.5 Å². The van der Waals surface area contributed by atoms with E-state index in [1.54, 1.807) is 6.92 Å². The Bertz CT molecular complexity index is 828. The topological polar surface area (TPSA) is 117 Å². The summed E-state index contributed by atoms with van der Waals surface area (Å²) in [5.41, 5.74) is 0.823. The van der Waals surface area contributed by atoms with Crippen LogP contribution in [0.2, 0.25) is 0 Å². The molecule has 0 aromatic heterocycles. The largest absolute Gasteiger partial charge is 0.493 e. The summed E-state index contributed by atoms with van der Waals surface area (Å²) in [7, 11) is -3.50. The van der Waals surface area contributed by atoms with E-state index in [0.29, 0.717) is 24.7 Å². The van der Waals surface area contributed by atoms with Gasteiger partial charge in [0.05, 0.1) is 12.4 Å². The van der Waals surface area contributed by atoms with Crippen LogP contribution in [0.4, 0.5) is 0 Å². The van der Waals surface area contributed by atoms with Crippen molar-refractivity contribution in [3.05, 3.63) is 42.1 Å². The smallest absolute Gasteiger partial charge is 0.248 e. The van der Waals surface area contributed by atoms with E-state index in [2.05, 4.69) is 23.9 Å². The van der Waals surface area contributed by atoms with E-state index in [4.69, 9.17) is 9.47 Å². The van der Waals surface area contributed by atoms with Gasteiger partial charge in [0.1, 0.15) is 12.5 Å². The van der Waals surface area contributed by atoms with Crippen LogP contribution in [0, 0.1) is 5.92 Å². The average molecular weight is 442 g/mol. The SMILES string of the molecule is CC(C)COc1cccc([C@@H](C)NS(=O)(=O)CCCOCN2C=CC(=O)NC2O)c1. The zero-order valence-electron chi connectivity index (χ0n) is 17.6. The second-order valence-electron chi connectivity index (χ2n) is 7.54. The fourth-order valence-electron chi connectivity index (χ4n) is 2.67. The molecule has 2 atom stereocenters. The molecule has 0 radical (unpaired) electrons. The van der Waals surface area contributed by atoms with Gasteiger partial charge in [-0.2, -0.15) is 0 Å². The van der Waals surface area contributed by atoms with E-state index in [0.717, 1.165) is 5.56 Å². The maximum absolute atomic E-state index is 12.4. The Balaban J connectivity index is 1.75. The molecule has 0 fully saturated rings. The summed E-state index contributed by atoms with van der Waals surface area (Å²) in [6.07, 6.45) is 1.82. The van der Waals surface area contributed by atoms with Crippen LogP contribution in [0.5, 0.6) is 5.75 Å². The van der Waals surface area contributed by atoms with E-state index in [-0.39, 0.29) is 25.0 Å². The van der Waals surface area contributed by atoms with Crippen LogP contribution in [0.1, 0.15) is 38.8 Å². The highest BCUT2D eigenvalue weighted by atomic mass is 32.2. The molecule has 1 aromatic rings. The number of amides is 1. The molecule has 1 aliphatic heterocycles. The van der Waals surface area contributed by atoms with Crippen molar-refractivity contribution in [1.29, 1.82) is 0 Å². The minimum absolute atomic E-state index is 0.0327. The molecule has 0 aliphatic carbocycles. The van der Waals surface area contributed by atoms with Crippen molar-refractivity contribution >= 4 is 15.9 Å². The highest BCUT2D eigenvalue weighted by Crippen LogP contribution is 2.20. The van der Waals surface area contributed by atoms with Gasteiger partial charge in [-0.1, -0.05) is 26.0 Å². The molecule has 0 saturated carbocycles. The first-order valence-electron chi connectivity index (χ1n) is 9.89. The van der Waals surface area contributed by atoms with Crippen molar-refractivity contribution < 1.29 is 27.8 Å². The van der Waals surface area contributed by atoms with Crippen LogP contribution < -0.4 is 14.8 Å². The van der Waals surface area contributed by atoms with Crippen LogP contribution >= 0.6 is 0 Å². The summed E-state index contributed by atoms with van der Waals surface area (Å²) in [5, 5.41) is 12.0. The quantitative estimate of drug-likeness (QED) is 0.418. The Morgan fingerprint density at radius 2 is 2.07 bits per heavy atom. The lowest BCUT2D eigenvalue weighted by Crippen LogP contribution is -2.49. The molecule has 0 bridgehead atoms. The van der Waals surface area contributed by atoms with Crippen LogP contribution in [-0.4, -0.2) is 56.4 Å². The Morgan fingerprint density at radius 1 is 1.30 bits per heavy atom. The van der Waals surface area contributed by atoms with E-state index in [1.165, 1.54) is 17.2 Å². The molecule has 9 nitrogen and oxygen atoms in total. The molecule has 168 valence electrons. The average Bonchev–Trinajstić information content (AvgIpc) is 2.67. The maximum atomic E-state index is 12.4. The van der Waals surface area contributed by atoms with Crippen molar-refractivity contribution in [1.82, 2.24) is 14.9 Å². The number of aliphatic hydroxyl groups excluding tert-OH is 1. The molecule has 0 saturated heterocycles. The number of hydrogen-bond acceptors (Lipinski definition) is 7. The third kappa shape index (κ3) is 8.31. The maximum Gasteiger partial charge on any atom is 0.248 e. The van der Waals surface area contributed by atoms with Gasteiger partial charge in [-0.05, 0) is 37.0 Å². The molecule has 0 spiro atoms. The van der Waals surface area contributed by atoms with Crippen LogP contribution in [0.3, 0.4) is 0 Å². The number of nitrogens with one attached hydrogen (secondary N) is 2. The third-order valence-corrected chi connectivity index (χ3v) is 5.78. The molecule has 30 heavy (non-hydrogen) atoms. The van der Waals surface area contributed by atoms with Gasteiger partial charge < -0.3 is 24.8 Å². The highest BCUT2D eigenvalue weighted by Gasteiger charge is 2.19. The summed E-state index contributed by atoms with van der Waals surface area (Å²) in [4.78, 5) is 12.4. The number of rotatable bonds is 12. The molecule has 1 unspecified atom stereocenters. The zero-order valence-corrected chi connectivity index (χ0v) is 18.4. The van der Waals surface area contributed by atoms with E-state index < -0.39 is 22.4 Å². The number of aliphatic hydroxyl groups is 1. The van der Waals surface area contributed by atoms with Crippen molar-refractivity contribution in [3.63, 3.8) is 0 Å². The first-order chi connectivity index (χ1) is 14.2. The Hall–Kier alpha value is -2.14. The fraction of sp³-hybridized carbons (Fsp3) is 0.550. The molecular weight excluding hydrogens is 410 g/mol. The number of nitrogens with zero attached hydrogens (tertiary/aromatic N) is 1. The summed E-state index contributed by atoms with van der Waals surface area (Å²) < 4.78 is 38.5. The Kier molecular flexibility index (Phi) is 9.09. The number of benzene rings is 1. The number of carbonyl (C=O) groups is 1. The summed E-state index contributed by atoms with van der Waals surface area (Å²) in [5.74, 6) is 0.642. The number of ether oxygens (including phenoxy) is 2. The Labute approximate surface area is 178 Å². The molecule has 10 heteroatoms. The molecule has 1 amide bonds. The first-order valence-corrected chi connectivity index (χ1v) is 11.5. The lowest BCUT2D eigenvalue weighted by atomic mass is 10.1. The lowest BCUT2D eigenvalue weighted by Gasteiger charge is -2.29. The number of sulfonamides is 1. The van der Waals surface area contributed by atoms with Gasteiger partial charge >= 0.3 is 0 Å². The highest BCUT2D eigenvalue weighted by molar-refractivity contribution is 7.89. The van der Waals surface area contributed by atoms with Crippen molar-refractivity contribution in [2.24, 2.45) is 5.92 Å². The van der Waals surface area contributed by atoms with Gasteiger partial charge in [0, 0.05) is 24.9 Å². The zero-order chi connectivity index (χ0) is 22.1. The second kappa shape index (κ2) is 11.3. The van der Waals surface area contributed by atoms with Gasteiger partial charge in [0.2, 0.25) is 22.3 Å². The summed E-state index contributed by atoms with van der Waals surface area (Å²) >= 11 is 0. The second-order valence-corrected chi connectivity index (χ2v) is 9.41. The van der Waals surface area contributed by atoms with Gasteiger partial charge in [0.25, 0.3) is 0 Å². The lowest BCUT2D eigenvalue weighted by molar-refractivity contribution is -0.128. The summed E-state index contributed by atoms with van der Waals surface area (Å²) in [6, 6.07) is 7.00. The minimum atomic E-state index is -3.50. The predicted octanol–water partition coefficient (Wildman–Crippen LogP) is 1.29. The van der Waals surface area contributed by atoms with Crippen molar-refractivity contribution in [3.8, 4) is 5.75 Å². The fourth-order valence-corrected chi connectivity index (χ4v) is 3.96. The summed E-state index contributed by atoms with van der Waals surface area (Å²) in [6.45, 7) is 6.74. The van der Waals surface area contributed by atoms with Gasteiger partial charge in [-0.25, -0.2) is 13.1 Å². The van der Waals surface area contributed by atoms with E-state index >= 15 is 0 Å². The normalized spacial score (nSPS) is 17.8. The van der Waals surface area contributed by atoms with Gasteiger partial charge in [0.15, 0.2) is 0 Å². The van der Waals surface area contributed by atoms with Gasteiger partial charge in [-0.15, -0.1) is 0 Å². The Morgan fingerprint density at radius 3 is 2.77 bits per heavy atom. The molecule has 2 rings (SSSR count). The molecular formula is C20H31N3O6S. The van der Waals surface area contributed by atoms with Crippen molar-refractivity contribution in [2.45, 2.75) is 39.6 Å². The monoisotopic (exact) mass is 441 g/mol. The van der Waals surface area contributed by atoms with Crippen LogP contribution in [-0.2, 0) is 19.6 Å². The molecule has 1 aliphatic rings. The van der Waals surface area contributed by atoms with Crippen molar-refractivity contribution in [2.75, 3.05) is 25.7 Å². The number of hydrogen-bond donors (Lipinski definition) is 3.